The predicted molar refractivity (Wildman–Crippen MR) is 25.7 cm³/mol. The molecule has 0 spiro atoms. The molecule has 0 aromatic rings. The summed E-state index contributed by atoms with van der Waals surface area (Å²) >= 11 is 0. The highest BCUT2D eigenvalue weighted by Crippen LogP contribution is 1.70. The van der Waals surface area contributed by atoms with E-state index in [9.17, 15) is 0 Å². The lowest BCUT2D eigenvalue weighted by molar-refractivity contribution is 1.42. The van der Waals surface area contributed by atoms with E-state index in [1.807, 2.05) is 0 Å². The van der Waals surface area contributed by atoms with E-state index < -0.39 is 0 Å². The van der Waals surface area contributed by atoms with Crippen molar-refractivity contribution in [3.8, 4) is 0 Å². The molecule has 0 heterocycles. The molecule has 1 radical (unpaired) electrons. The third kappa shape index (κ3) is 1.39. The van der Waals surface area contributed by atoms with Crippen LogP contribution >= 0.6 is 0 Å². The van der Waals surface area contributed by atoms with Crippen LogP contribution in [0, 0.1) is 6.08 Å². The van der Waals surface area contributed by atoms with Gasteiger partial charge in [0.15, 0.2) is 0 Å². The first kappa shape index (κ1) is 5.06. The molecule has 0 bridgehead atoms. The summed E-state index contributed by atoms with van der Waals surface area (Å²) in [7, 11) is 0. The van der Waals surface area contributed by atoms with E-state index in [4.69, 9.17) is 5.73 Å². The number of hydrogen-bond donors (Lipinski definition) is 1. The first-order valence-corrected chi connectivity index (χ1v) is 1.50. The van der Waals surface area contributed by atoms with E-state index in [1.54, 1.807) is 0 Å². The molecular formula is C5H6N. The summed E-state index contributed by atoms with van der Waals surface area (Å²) in [6.07, 6.45) is 2.39. The summed E-state index contributed by atoms with van der Waals surface area (Å²) in [5.74, 6) is 0. The molecule has 0 aromatic carbocycles. The fraction of sp³-hybridized carbons (Fsp3) is 0. The van der Waals surface area contributed by atoms with Gasteiger partial charge in [-0.25, -0.2) is 0 Å². The van der Waals surface area contributed by atoms with Crippen molar-refractivity contribution in [2.24, 2.45) is 5.73 Å². The van der Waals surface area contributed by atoms with Crippen molar-refractivity contribution in [1.29, 1.82) is 0 Å². The minimum absolute atomic E-state index is 0.370. The van der Waals surface area contributed by atoms with Crippen LogP contribution in [0.5, 0.6) is 0 Å². The van der Waals surface area contributed by atoms with Gasteiger partial charge in [0.05, 0.1) is 5.70 Å². The minimum atomic E-state index is 0.370. The second-order valence-corrected chi connectivity index (χ2v) is 0.767. The van der Waals surface area contributed by atoms with Crippen molar-refractivity contribution in [2.45, 2.75) is 0 Å². The Balaban J connectivity index is 3.86. The van der Waals surface area contributed by atoms with E-state index >= 15 is 0 Å². The van der Waals surface area contributed by atoms with Crippen molar-refractivity contribution in [3.05, 3.63) is 30.7 Å². The van der Waals surface area contributed by atoms with Crippen LogP contribution in [0.1, 0.15) is 0 Å². The Bertz CT molecular complexity index is 96.5. The Hall–Kier alpha value is -0.940. The van der Waals surface area contributed by atoms with Gasteiger partial charge in [-0.05, 0) is 0 Å². The van der Waals surface area contributed by atoms with Gasteiger partial charge in [0.2, 0.25) is 0 Å². The highest BCUT2D eigenvalue weighted by Gasteiger charge is 1.65. The molecular weight excluding hydrogens is 74.1 g/mol. The number of allylic oxidation sites excluding steroid dienone is 1. The van der Waals surface area contributed by atoms with Crippen molar-refractivity contribution in [3.63, 3.8) is 0 Å². The highest BCUT2D eigenvalue weighted by atomic mass is 14.5. The molecule has 0 rings (SSSR count). The lowest BCUT2D eigenvalue weighted by atomic mass is 10.5. The van der Waals surface area contributed by atoms with Crippen LogP contribution in [-0.2, 0) is 0 Å². The minimum Gasteiger partial charge on any atom is -0.392 e. The van der Waals surface area contributed by atoms with E-state index in [0.29, 0.717) is 5.70 Å². The zero-order chi connectivity index (χ0) is 4.99. The molecule has 0 fully saturated rings. The summed E-state index contributed by atoms with van der Waals surface area (Å²) < 4.78 is 0. The molecule has 2 N–H and O–H groups in total. The molecule has 0 aromatic heterocycles. The standard InChI is InChI=1S/C5H6N/c1-3-5(6)4-2/h1-2,6H2. The lowest BCUT2D eigenvalue weighted by Gasteiger charge is -1.73. The molecule has 6 heavy (non-hydrogen) atoms. The number of hydrogen-bond acceptors (Lipinski definition) is 1. The fourth-order valence-electron chi connectivity index (χ4n) is 0.0625. The molecule has 31 valence electrons. The largest absolute Gasteiger partial charge is 0.392 e. The molecule has 0 aliphatic heterocycles. The summed E-state index contributed by atoms with van der Waals surface area (Å²) in [6, 6.07) is 0. The van der Waals surface area contributed by atoms with Crippen LogP contribution in [0.25, 0.3) is 0 Å². The van der Waals surface area contributed by atoms with Crippen LogP contribution in [0.4, 0.5) is 0 Å². The van der Waals surface area contributed by atoms with E-state index in [1.165, 1.54) is 0 Å². The van der Waals surface area contributed by atoms with Gasteiger partial charge in [0.25, 0.3) is 0 Å². The van der Waals surface area contributed by atoms with Crippen molar-refractivity contribution in [1.82, 2.24) is 0 Å². The molecule has 1 nitrogen and oxygen atoms in total. The normalized spacial score (nSPS) is 6.00. The maximum absolute atomic E-state index is 5.04. The molecule has 0 saturated carbocycles. The van der Waals surface area contributed by atoms with Crippen LogP contribution in [0.2, 0.25) is 0 Å². The second kappa shape index (κ2) is 2.31. The number of rotatable bonds is 1. The Morgan fingerprint density at radius 1 is 1.50 bits per heavy atom. The van der Waals surface area contributed by atoms with Gasteiger partial charge < -0.3 is 5.73 Å². The first-order valence-electron chi connectivity index (χ1n) is 1.50. The fourth-order valence-corrected chi connectivity index (χ4v) is 0.0625. The topological polar surface area (TPSA) is 26.0 Å². The third-order valence-corrected chi connectivity index (χ3v) is 0.381. The van der Waals surface area contributed by atoms with Gasteiger partial charge in [-0.3, -0.25) is 0 Å². The van der Waals surface area contributed by atoms with E-state index in [0.717, 1.165) is 0 Å². The Morgan fingerprint density at radius 3 is 2.00 bits per heavy atom. The quantitative estimate of drug-likeness (QED) is 0.362. The SMILES string of the molecule is C=[C]C(N)=C=C. The average Bonchev–Trinajstić information content (AvgIpc) is 1.65. The monoisotopic (exact) mass is 80.1 g/mol. The smallest absolute Gasteiger partial charge is 0.0815 e. The molecule has 0 unspecified atom stereocenters. The lowest BCUT2D eigenvalue weighted by Crippen LogP contribution is -1.88. The van der Waals surface area contributed by atoms with Gasteiger partial charge in [0, 0.05) is 6.08 Å². The Kier molecular flexibility index (Phi) is 1.94. The zero-order valence-electron chi connectivity index (χ0n) is 3.49. The highest BCUT2D eigenvalue weighted by molar-refractivity contribution is 5.01. The van der Waals surface area contributed by atoms with Crippen molar-refractivity contribution >= 4 is 0 Å². The van der Waals surface area contributed by atoms with Crippen LogP contribution in [-0.4, -0.2) is 0 Å². The Labute approximate surface area is 37.5 Å². The van der Waals surface area contributed by atoms with Crippen molar-refractivity contribution < 1.29 is 0 Å². The van der Waals surface area contributed by atoms with Gasteiger partial charge in [-0.1, -0.05) is 13.2 Å². The molecule has 0 aliphatic rings. The summed E-state index contributed by atoms with van der Waals surface area (Å²) in [6.45, 7) is 6.48. The second-order valence-electron chi connectivity index (χ2n) is 0.767. The molecule has 0 amide bonds. The maximum atomic E-state index is 5.04. The van der Waals surface area contributed by atoms with E-state index in [-0.39, 0.29) is 0 Å². The molecule has 1 heteroatoms. The van der Waals surface area contributed by atoms with E-state index in [2.05, 4.69) is 25.0 Å². The maximum Gasteiger partial charge on any atom is 0.0815 e. The van der Waals surface area contributed by atoms with Crippen LogP contribution in [0.15, 0.2) is 24.6 Å². The first-order chi connectivity index (χ1) is 2.81. The zero-order valence-corrected chi connectivity index (χ0v) is 3.49. The van der Waals surface area contributed by atoms with Crippen molar-refractivity contribution in [2.75, 3.05) is 0 Å². The number of nitrogens with two attached hydrogens (primary N) is 1. The van der Waals surface area contributed by atoms with Gasteiger partial charge >= 0.3 is 0 Å². The Morgan fingerprint density at radius 2 is 2.00 bits per heavy atom. The molecule has 0 saturated heterocycles. The summed E-state index contributed by atoms with van der Waals surface area (Å²) in [5.41, 5.74) is 7.80. The third-order valence-electron chi connectivity index (χ3n) is 0.381. The molecule has 0 aliphatic carbocycles. The predicted octanol–water partition coefficient (Wildman–Crippen LogP) is 0.603. The average molecular weight is 80.1 g/mol. The van der Waals surface area contributed by atoms with Gasteiger partial charge in [-0.2, -0.15) is 0 Å². The summed E-state index contributed by atoms with van der Waals surface area (Å²) in [4.78, 5) is 0. The molecule has 0 atom stereocenters. The summed E-state index contributed by atoms with van der Waals surface area (Å²) in [5, 5.41) is 0. The van der Waals surface area contributed by atoms with Gasteiger partial charge in [-0.15, -0.1) is 5.73 Å². The van der Waals surface area contributed by atoms with Crippen LogP contribution in [0.3, 0.4) is 0 Å². The van der Waals surface area contributed by atoms with Gasteiger partial charge in [0.1, 0.15) is 0 Å². The van der Waals surface area contributed by atoms with Crippen LogP contribution < -0.4 is 5.73 Å².